The van der Waals surface area contributed by atoms with Gasteiger partial charge in [-0.1, -0.05) is 0 Å². The number of hydrogen-bond donors (Lipinski definition) is 14. The second kappa shape index (κ2) is 15.0. The molecule has 15 N–H and O–H groups in total. The molecule has 0 bridgehead atoms. The Bertz CT molecular complexity index is 654. The molecule has 1 heterocycles. The van der Waals surface area contributed by atoms with Gasteiger partial charge in [0.05, 0.1) is 0 Å². The molecule has 0 atom stereocenters. The number of nitrogens with zero attached hydrogens (tertiary/aromatic N) is 1. The van der Waals surface area contributed by atoms with Crippen LogP contribution in [0.25, 0.3) is 0 Å². The van der Waals surface area contributed by atoms with Gasteiger partial charge < -0.3 is 64.5 Å². The monoisotopic (exact) mass is 503 g/mol. The van der Waals surface area contributed by atoms with E-state index in [-0.39, 0.29) is 0 Å². The lowest BCUT2D eigenvalue weighted by Crippen LogP contribution is -2.10. The Morgan fingerprint density at radius 2 is 0.893 bits per heavy atom. The fourth-order valence-corrected chi connectivity index (χ4v) is 0.383. The molecule has 0 spiro atoms. The zero-order valence-corrected chi connectivity index (χ0v) is 16.5. The first kappa shape index (κ1) is 34.6. The van der Waals surface area contributed by atoms with E-state index < -0.39 is 37.0 Å². The van der Waals surface area contributed by atoms with Gasteiger partial charge in [-0.25, -0.2) is 28.0 Å². The molecule has 0 saturated carbocycles. The quantitative estimate of drug-likeness (QED) is 0.149. The summed E-state index contributed by atoms with van der Waals surface area (Å²) in [7, 11) is -18.6. The first-order valence-electron chi connectivity index (χ1n) is 5.23. The highest BCUT2D eigenvalue weighted by Crippen LogP contribution is 2.27. The van der Waals surface area contributed by atoms with Crippen molar-refractivity contribution in [3.63, 3.8) is 0 Å². The standard InChI is InChI=1S/C4H5N3O.4H3O4P/c5-3-1-2-6-4(8)7-3;4*1-5(2,3)4/h1-2H,(H3,5,6,7,8);4*(H3,1,2,3,4). The Hall–Kier alpha value is -0.880. The molecule has 0 unspecified atom stereocenters. The number of nitrogens with one attached hydrogen (secondary N) is 1. The van der Waals surface area contributed by atoms with Gasteiger partial charge in [0.25, 0.3) is 0 Å². The molecule has 0 amide bonds. The summed E-state index contributed by atoms with van der Waals surface area (Å²) in [4.78, 5) is 102. The topological polar surface area (TPSA) is 383 Å². The number of anilines is 1. The molecule has 0 fully saturated rings. The van der Waals surface area contributed by atoms with Gasteiger partial charge in [-0.15, -0.1) is 0 Å². The number of rotatable bonds is 0. The van der Waals surface area contributed by atoms with Crippen LogP contribution in [0.1, 0.15) is 0 Å². The molecule has 170 valence electrons. The molecule has 24 heteroatoms. The van der Waals surface area contributed by atoms with Crippen LogP contribution in [0, 0.1) is 0 Å². The third kappa shape index (κ3) is 176. The van der Waals surface area contributed by atoms with Gasteiger partial charge in [0.2, 0.25) is 0 Å². The van der Waals surface area contributed by atoms with Crippen molar-refractivity contribution in [2.75, 3.05) is 5.73 Å². The van der Waals surface area contributed by atoms with Crippen molar-refractivity contribution in [1.29, 1.82) is 0 Å². The highest BCUT2D eigenvalue weighted by atomic mass is 31.2. The smallest absolute Gasteiger partial charge is 0.385 e. The van der Waals surface area contributed by atoms with Crippen molar-refractivity contribution < 1.29 is 77.0 Å². The van der Waals surface area contributed by atoms with E-state index in [1.165, 1.54) is 12.3 Å². The molecule has 28 heavy (non-hydrogen) atoms. The number of nitrogen functional groups attached to an aromatic ring is 1. The van der Waals surface area contributed by atoms with Gasteiger partial charge in [-0.2, -0.15) is 0 Å². The van der Waals surface area contributed by atoms with Crippen LogP contribution in [-0.2, 0) is 18.3 Å². The van der Waals surface area contributed by atoms with E-state index in [1.807, 2.05) is 0 Å². The van der Waals surface area contributed by atoms with Crippen molar-refractivity contribution in [3.8, 4) is 0 Å². The summed E-state index contributed by atoms with van der Waals surface area (Å²) in [5, 5.41) is 0. The van der Waals surface area contributed by atoms with E-state index in [2.05, 4.69) is 9.97 Å². The van der Waals surface area contributed by atoms with Crippen LogP contribution < -0.4 is 11.4 Å². The summed E-state index contributed by atoms with van der Waals surface area (Å²) < 4.78 is 35.5. The van der Waals surface area contributed by atoms with Gasteiger partial charge in [-0.3, -0.25) is 4.98 Å². The molecular formula is C4H17N3O17P4. The highest BCUT2D eigenvalue weighted by Gasteiger charge is 2.01. The van der Waals surface area contributed by atoms with E-state index in [0.717, 1.165) is 0 Å². The van der Waals surface area contributed by atoms with Crippen LogP contribution in [0.15, 0.2) is 17.1 Å². The van der Waals surface area contributed by atoms with Crippen LogP contribution in [0.4, 0.5) is 5.82 Å². The fourth-order valence-electron chi connectivity index (χ4n) is 0.383. The number of H-pyrrole nitrogens is 1. The van der Waals surface area contributed by atoms with E-state index >= 15 is 0 Å². The van der Waals surface area contributed by atoms with Crippen molar-refractivity contribution in [2.45, 2.75) is 0 Å². The summed E-state index contributed by atoms with van der Waals surface area (Å²) in [5.41, 5.74) is 4.75. The van der Waals surface area contributed by atoms with Crippen LogP contribution in [-0.4, -0.2) is 68.7 Å². The summed E-state index contributed by atoms with van der Waals surface area (Å²) in [5.74, 6) is 0.338. The van der Waals surface area contributed by atoms with Crippen LogP contribution in [0.5, 0.6) is 0 Å². The highest BCUT2D eigenvalue weighted by molar-refractivity contribution is 7.45. The molecule has 20 nitrogen and oxygen atoms in total. The van der Waals surface area contributed by atoms with Crippen molar-refractivity contribution in [1.82, 2.24) is 9.97 Å². The number of nitrogens with two attached hydrogens (primary N) is 1. The average molecular weight is 503 g/mol. The lowest BCUT2D eigenvalue weighted by atomic mass is 10.6. The Balaban J connectivity index is -0.000000131. The van der Waals surface area contributed by atoms with E-state index in [9.17, 15) is 4.79 Å². The Labute approximate surface area is 153 Å². The number of hydrogen-bond acceptors (Lipinski definition) is 7. The molecule has 1 aromatic heterocycles. The predicted molar refractivity (Wildman–Crippen MR) is 86.3 cm³/mol. The minimum absolute atomic E-state index is 0.338. The van der Waals surface area contributed by atoms with Crippen LogP contribution in [0.3, 0.4) is 0 Å². The third-order valence-electron chi connectivity index (χ3n) is 0.697. The first-order chi connectivity index (χ1) is 11.8. The zero-order chi connectivity index (χ0) is 24.0. The minimum atomic E-state index is -4.64. The molecule has 0 aliphatic heterocycles. The molecule has 0 aliphatic rings. The fraction of sp³-hybridized carbons (Fsp3) is 0. The van der Waals surface area contributed by atoms with E-state index in [0.29, 0.717) is 5.82 Å². The van der Waals surface area contributed by atoms with E-state index in [1.54, 1.807) is 0 Å². The third-order valence-corrected chi connectivity index (χ3v) is 0.697. The minimum Gasteiger partial charge on any atom is -0.385 e. The predicted octanol–water partition coefficient (Wildman–Crippen LogP) is -4.36. The van der Waals surface area contributed by atoms with Gasteiger partial charge in [-0.05, 0) is 6.07 Å². The molecule has 0 saturated heterocycles. The zero-order valence-electron chi connectivity index (χ0n) is 12.9. The molecule has 0 aliphatic carbocycles. The average Bonchev–Trinajstić information content (AvgIpc) is 2.17. The summed E-state index contributed by atoms with van der Waals surface area (Å²) in [6.45, 7) is 0. The largest absolute Gasteiger partial charge is 0.466 e. The second-order valence-corrected chi connectivity index (χ2v) is 7.49. The number of aromatic nitrogens is 2. The van der Waals surface area contributed by atoms with Crippen LogP contribution in [0.2, 0.25) is 0 Å². The number of phosphoric acid groups is 4. The van der Waals surface area contributed by atoms with Crippen molar-refractivity contribution in [3.05, 3.63) is 22.7 Å². The van der Waals surface area contributed by atoms with Gasteiger partial charge in [0.15, 0.2) is 0 Å². The van der Waals surface area contributed by atoms with Gasteiger partial charge >= 0.3 is 37.0 Å². The van der Waals surface area contributed by atoms with Crippen LogP contribution >= 0.6 is 31.3 Å². The molecule has 1 rings (SSSR count). The summed E-state index contributed by atoms with van der Waals surface area (Å²) in [6.07, 6.45) is 1.36. The lowest BCUT2D eigenvalue weighted by molar-refractivity contribution is 0.272. The van der Waals surface area contributed by atoms with Crippen molar-refractivity contribution in [2.24, 2.45) is 0 Å². The Kier molecular flexibility index (Phi) is 18.6. The Morgan fingerprint density at radius 3 is 1.00 bits per heavy atom. The maximum Gasteiger partial charge on any atom is 0.466 e. The van der Waals surface area contributed by atoms with Gasteiger partial charge in [0.1, 0.15) is 5.82 Å². The normalized spacial score (nSPS) is 11.0. The first-order valence-corrected chi connectivity index (χ1v) is 11.5. The number of aromatic amines is 1. The van der Waals surface area contributed by atoms with E-state index in [4.69, 9.17) is 82.7 Å². The Morgan fingerprint density at radius 1 is 0.679 bits per heavy atom. The maximum atomic E-state index is 10.2. The molecule has 1 aromatic rings. The SMILES string of the molecule is Nc1ccnc(=O)[nH]1.O=P(O)(O)O.O=P(O)(O)O.O=P(O)(O)O.O=P(O)(O)O. The molecule has 0 radical (unpaired) electrons. The summed E-state index contributed by atoms with van der Waals surface area (Å²) in [6, 6.07) is 1.52. The molecule has 0 aromatic carbocycles. The van der Waals surface area contributed by atoms with Crippen molar-refractivity contribution >= 4 is 37.1 Å². The lowest BCUT2D eigenvalue weighted by Gasteiger charge is -1.84. The maximum absolute atomic E-state index is 10.2. The van der Waals surface area contributed by atoms with Gasteiger partial charge in [0, 0.05) is 6.20 Å². The molecular weight excluding hydrogens is 486 g/mol. The second-order valence-electron chi connectivity index (χ2n) is 3.38. The summed E-state index contributed by atoms with van der Waals surface area (Å²) >= 11 is 0.